The van der Waals surface area contributed by atoms with Gasteiger partial charge >= 0.3 is 0 Å². The number of nitrogens with zero attached hydrogens (tertiary/aromatic N) is 2. The number of amidine groups is 1. The molecule has 0 unspecified atom stereocenters. The smallest absolute Gasteiger partial charge is 0.242 e. The van der Waals surface area contributed by atoms with Crippen LogP contribution in [0.2, 0.25) is 10.0 Å². The molecule has 1 saturated heterocycles. The number of aliphatic imine (C=N–C) groups is 1. The molecule has 94 valence electrons. The van der Waals surface area contributed by atoms with Crippen molar-refractivity contribution in [3.8, 4) is 0 Å². The third-order valence-corrected chi connectivity index (χ3v) is 5.10. The van der Waals surface area contributed by atoms with E-state index in [-0.39, 0.29) is 11.2 Å². The first-order valence-electron chi connectivity index (χ1n) is 5.62. The van der Waals surface area contributed by atoms with E-state index in [1.165, 1.54) is 11.8 Å². The van der Waals surface area contributed by atoms with Gasteiger partial charge < -0.3 is 0 Å². The van der Waals surface area contributed by atoms with Crippen molar-refractivity contribution in [2.24, 2.45) is 4.99 Å². The van der Waals surface area contributed by atoms with Gasteiger partial charge in [0.25, 0.3) is 0 Å². The van der Waals surface area contributed by atoms with Gasteiger partial charge in [-0.1, -0.05) is 47.1 Å². The lowest BCUT2D eigenvalue weighted by Crippen LogP contribution is -2.31. The highest BCUT2D eigenvalue weighted by molar-refractivity contribution is 8.15. The molecule has 2 aliphatic rings. The second kappa shape index (κ2) is 4.76. The predicted octanol–water partition coefficient (Wildman–Crippen LogP) is 2.85. The zero-order valence-electron chi connectivity index (χ0n) is 9.40. The minimum atomic E-state index is -0.125. The van der Waals surface area contributed by atoms with Crippen LogP contribution in [0.1, 0.15) is 5.56 Å². The number of benzene rings is 1. The maximum atomic E-state index is 12.1. The number of rotatable bonds is 2. The van der Waals surface area contributed by atoms with E-state index in [2.05, 4.69) is 4.99 Å². The Balaban J connectivity index is 1.82. The number of carbonyl (C=O) groups is 1. The number of hydrogen-bond donors (Lipinski definition) is 0. The Hall–Kier alpha value is -0.710. The number of halogens is 2. The molecule has 0 spiro atoms. The molecule has 2 heterocycles. The Morgan fingerprint density at radius 3 is 3.06 bits per heavy atom. The van der Waals surface area contributed by atoms with E-state index >= 15 is 0 Å². The minimum absolute atomic E-state index is 0.125. The lowest BCUT2D eigenvalue weighted by Gasteiger charge is -2.11. The Morgan fingerprint density at radius 1 is 1.44 bits per heavy atom. The summed E-state index contributed by atoms with van der Waals surface area (Å²) in [6, 6.07) is 5.51. The van der Waals surface area contributed by atoms with Crippen LogP contribution in [0, 0.1) is 0 Å². The second-order valence-corrected chi connectivity index (χ2v) is 6.13. The van der Waals surface area contributed by atoms with Crippen molar-refractivity contribution in [3.63, 3.8) is 0 Å². The fourth-order valence-electron chi connectivity index (χ4n) is 2.12. The molecule has 1 fully saturated rings. The lowest BCUT2D eigenvalue weighted by molar-refractivity contribution is -0.125. The van der Waals surface area contributed by atoms with Crippen molar-refractivity contribution in [1.82, 2.24) is 4.90 Å². The van der Waals surface area contributed by atoms with Gasteiger partial charge in [-0.05, 0) is 18.1 Å². The normalized spacial score (nSPS) is 22.3. The van der Waals surface area contributed by atoms with Crippen LogP contribution in [0.3, 0.4) is 0 Å². The molecule has 0 bridgehead atoms. The molecule has 3 nitrogen and oxygen atoms in total. The molecule has 1 aromatic carbocycles. The topological polar surface area (TPSA) is 32.7 Å². The molecule has 0 radical (unpaired) electrons. The van der Waals surface area contributed by atoms with Gasteiger partial charge in [-0.25, -0.2) is 0 Å². The summed E-state index contributed by atoms with van der Waals surface area (Å²) in [5.74, 6) is 0.132. The molecule has 2 aliphatic heterocycles. The largest absolute Gasteiger partial charge is 0.289 e. The monoisotopic (exact) mass is 300 g/mol. The van der Waals surface area contributed by atoms with Crippen molar-refractivity contribution in [1.29, 1.82) is 0 Å². The molecular weight excluding hydrogens is 291 g/mol. The first kappa shape index (κ1) is 12.3. The van der Waals surface area contributed by atoms with Crippen molar-refractivity contribution >= 4 is 46.0 Å². The summed E-state index contributed by atoms with van der Waals surface area (Å²) in [7, 11) is 0. The number of fused-ring (bicyclic) bond motifs is 1. The van der Waals surface area contributed by atoms with Crippen LogP contribution in [-0.2, 0) is 11.2 Å². The van der Waals surface area contributed by atoms with E-state index in [1.807, 2.05) is 12.1 Å². The fourth-order valence-corrected chi connectivity index (χ4v) is 3.74. The van der Waals surface area contributed by atoms with E-state index in [0.29, 0.717) is 23.0 Å². The van der Waals surface area contributed by atoms with Crippen LogP contribution in [0.4, 0.5) is 0 Å². The van der Waals surface area contributed by atoms with Crippen LogP contribution in [-0.4, -0.2) is 34.3 Å². The van der Waals surface area contributed by atoms with Crippen LogP contribution < -0.4 is 0 Å². The SMILES string of the molecule is O=C1[C@@H](Cc2cccc(Cl)c2Cl)SC2=NCCN12. The van der Waals surface area contributed by atoms with E-state index in [9.17, 15) is 4.79 Å². The molecular formula is C12H10Cl2N2OS. The Morgan fingerprint density at radius 2 is 2.28 bits per heavy atom. The molecule has 18 heavy (non-hydrogen) atoms. The fraction of sp³-hybridized carbons (Fsp3) is 0.333. The van der Waals surface area contributed by atoms with Gasteiger partial charge in [-0.15, -0.1) is 0 Å². The average Bonchev–Trinajstić information content (AvgIpc) is 2.90. The molecule has 3 rings (SSSR count). The summed E-state index contributed by atoms with van der Waals surface area (Å²) in [5.41, 5.74) is 0.914. The molecule has 6 heteroatoms. The summed E-state index contributed by atoms with van der Waals surface area (Å²) < 4.78 is 0. The Bertz CT molecular complexity index is 547. The van der Waals surface area contributed by atoms with Crippen molar-refractivity contribution in [2.45, 2.75) is 11.7 Å². The number of hydrogen-bond acceptors (Lipinski definition) is 3. The third kappa shape index (κ3) is 2.02. The van der Waals surface area contributed by atoms with E-state index in [4.69, 9.17) is 23.2 Å². The van der Waals surface area contributed by atoms with Gasteiger partial charge in [0.15, 0.2) is 5.17 Å². The minimum Gasteiger partial charge on any atom is -0.289 e. The van der Waals surface area contributed by atoms with Crippen LogP contribution in [0.5, 0.6) is 0 Å². The second-order valence-electron chi connectivity index (χ2n) is 4.18. The summed E-state index contributed by atoms with van der Waals surface area (Å²) in [5, 5.41) is 1.80. The van der Waals surface area contributed by atoms with Gasteiger partial charge in [0.1, 0.15) is 0 Å². The van der Waals surface area contributed by atoms with E-state index < -0.39 is 0 Å². The van der Waals surface area contributed by atoms with Crippen LogP contribution in [0.15, 0.2) is 23.2 Å². The van der Waals surface area contributed by atoms with Crippen LogP contribution in [0.25, 0.3) is 0 Å². The zero-order valence-corrected chi connectivity index (χ0v) is 11.7. The first-order valence-corrected chi connectivity index (χ1v) is 7.26. The third-order valence-electron chi connectivity index (χ3n) is 3.03. The van der Waals surface area contributed by atoms with Gasteiger partial charge in [0.2, 0.25) is 5.91 Å². The predicted molar refractivity (Wildman–Crippen MR) is 75.6 cm³/mol. The zero-order chi connectivity index (χ0) is 12.7. The molecule has 1 aromatic rings. The van der Waals surface area contributed by atoms with Crippen molar-refractivity contribution < 1.29 is 4.79 Å². The Kier molecular flexibility index (Phi) is 3.26. The molecule has 0 saturated carbocycles. The van der Waals surface area contributed by atoms with Crippen LogP contribution >= 0.6 is 35.0 Å². The first-order chi connectivity index (χ1) is 8.66. The van der Waals surface area contributed by atoms with Gasteiger partial charge in [0.05, 0.1) is 21.8 Å². The van der Waals surface area contributed by atoms with E-state index in [0.717, 1.165) is 17.3 Å². The van der Waals surface area contributed by atoms with Gasteiger partial charge in [-0.2, -0.15) is 0 Å². The maximum Gasteiger partial charge on any atom is 0.242 e. The highest BCUT2D eigenvalue weighted by Crippen LogP contribution is 2.34. The number of carbonyl (C=O) groups excluding carboxylic acids is 1. The molecule has 0 aromatic heterocycles. The van der Waals surface area contributed by atoms with Gasteiger partial charge in [-0.3, -0.25) is 14.7 Å². The maximum absolute atomic E-state index is 12.1. The Labute approximate surface area is 119 Å². The number of amides is 1. The standard InChI is InChI=1S/C12H10Cl2N2OS/c13-8-3-1-2-7(10(8)14)6-9-11(17)16-5-4-15-12(16)18-9/h1-3,9H,4-6H2/t9-/m1/s1. The quantitative estimate of drug-likeness (QED) is 0.841. The highest BCUT2D eigenvalue weighted by atomic mass is 35.5. The summed E-state index contributed by atoms with van der Waals surface area (Å²) >= 11 is 13.6. The molecule has 1 atom stereocenters. The summed E-state index contributed by atoms with van der Waals surface area (Å²) in [4.78, 5) is 18.2. The summed E-state index contributed by atoms with van der Waals surface area (Å²) in [6.07, 6.45) is 0.596. The van der Waals surface area contributed by atoms with E-state index in [1.54, 1.807) is 11.0 Å². The molecule has 0 N–H and O–H groups in total. The highest BCUT2D eigenvalue weighted by Gasteiger charge is 2.39. The molecule has 0 aliphatic carbocycles. The summed E-state index contributed by atoms with van der Waals surface area (Å²) in [6.45, 7) is 1.43. The number of thioether (sulfide) groups is 1. The lowest BCUT2D eigenvalue weighted by atomic mass is 10.1. The average molecular weight is 301 g/mol. The van der Waals surface area contributed by atoms with Gasteiger partial charge in [0, 0.05) is 6.54 Å². The molecule has 1 amide bonds. The van der Waals surface area contributed by atoms with Crippen molar-refractivity contribution in [2.75, 3.05) is 13.1 Å². The van der Waals surface area contributed by atoms with Crippen molar-refractivity contribution in [3.05, 3.63) is 33.8 Å².